The van der Waals surface area contributed by atoms with Crippen molar-refractivity contribution in [3.63, 3.8) is 0 Å². The van der Waals surface area contributed by atoms with Gasteiger partial charge < -0.3 is 9.50 Å². The highest BCUT2D eigenvalue weighted by Gasteiger charge is 2.20. The molecule has 0 unspecified atom stereocenters. The number of nitro benzene ring substituents is 1. The average Bonchev–Trinajstić information content (AvgIpc) is 2.80. The summed E-state index contributed by atoms with van der Waals surface area (Å²) in [6.07, 6.45) is 1.34. The van der Waals surface area contributed by atoms with E-state index in [0.29, 0.717) is 11.3 Å². The van der Waals surface area contributed by atoms with Crippen molar-refractivity contribution in [3.8, 4) is 11.8 Å². The zero-order valence-electron chi connectivity index (χ0n) is 16.9. The number of anilines is 1. The fourth-order valence-electron chi connectivity index (χ4n) is 2.62. The number of nitrogens with zero attached hydrogens (tertiary/aromatic N) is 2. The molecule has 0 aromatic heterocycles. The van der Waals surface area contributed by atoms with Crippen LogP contribution in [0.5, 0.6) is 5.75 Å². The summed E-state index contributed by atoms with van der Waals surface area (Å²) in [5.41, 5.74) is 0.529. The molecule has 0 aliphatic rings. The molecule has 0 bridgehead atoms. The van der Waals surface area contributed by atoms with E-state index in [1.165, 1.54) is 24.3 Å². The van der Waals surface area contributed by atoms with Gasteiger partial charge in [-0.1, -0.05) is 22.0 Å². The van der Waals surface area contributed by atoms with Gasteiger partial charge in [0, 0.05) is 22.3 Å². The van der Waals surface area contributed by atoms with Gasteiger partial charge in [0.1, 0.15) is 16.5 Å². The number of hydrogen-bond donors (Lipinski definition) is 1. The van der Waals surface area contributed by atoms with E-state index in [0.717, 1.165) is 28.7 Å². The van der Waals surface area contributed by atoms with Gasteiger partial charge in [-0.15, -0.1) is 0 Å². The molecule has 3 rings (SSSR count). The van der Waals surface area contributed by atoms with E-state index in [9.17, 15) is 28.6 Å². The Morgan fingerprint density at radius 1 is 1.06 bits per heavy atom. The summed E-state index contributed by atoms with van der Waals surface area (Å²) in [6.45, 7) is 0. The van der Waals surface area contributed by atoms with Crippen LogP contribution in [0.15, 0.2) is 86.1 Å². The van der Waals surface area contributed by atoms with Gasteiger partial charge in [-0.3, -0.25) is 14.9 Å². The monoisotopic (exact) mass is 605 g/mol. The first-order chi connectivity index (χ1) is 16.1. The average molecular weight is 607 g/mol. The number of carbonyl (C=O) groups is 1. The SMILES string of the molecule is N#C/C(=C/c1ccc(OS(=O)(=O)c2ccc([N+](=O)[O-])cc2)c(Br)c1)C(=O)Nc1ccc(Br)cc1. The van der Waals surface area contributed by atoms with Crippen LogP contribution in [0.25, 0.3) is 6.08 Å². The third-order valence-electron chi connectivity index (χ3n) is 4.27. The maximum Gasteiger partial charge on any atom is 0.339 e. The summed E-state index contributed by atoms with van der Waals surface area (Å²) < 4.78 is 31.2. The van der Waals surface area contributed by atoms with Crippen LogP contribution >= 0.6 is 31.9 Å². The molecule has 0 spiro atoms. The number of benzene rings is 3. The fraction of sp³-hybridized carbons (Fsp3) is 0. The first-order valence-corrected chi connectivity index (χ1v) is 12.3. The Labute approximate surface area is 211 Å². The van der Waals surface area contributed by atoms with Crippen LogP contribution in [0, 0.1) is 21.4 Å². The number of amides is 1. The highest BCUT2D eigenvalue weighted by atomic mass is 79.9. The second-order valence-electron chi connectivity index (χ2n) is 6.61. The Kier molecular flexibility index (Phi) is 7.83. The Balaban J connectivity index is 1.78. The zero-order chi connectivity index (χ0) is 24.9. The van der Waals surface area contributed by atoms with E-state index in [2.05, 4.69) is 37.2 Å². The van der Waals surface area contributed by atoms with Crippen molar-refractivity contribution in [1.82, 2.24) is 0 Å². The van der Waals surface area contributed by atoms with Crippen LogP contribution in [0.4, 0.5) is 11.4 Å². The molecular formula is C22H13Br2N3O6S. The van der Waals surface area contributed by atoms with Crippen molar-refractivity contribution in [1.29, 1.82) is 5.26 Å². The molecule has 0 saturated heterocycles. The molecule has 3 aromatic carbocycles. The standard InChI is InChI=1S/C22H13Br2N3O6S/c23-16-2-4-17(5-3-16)26-22(28)15(13-25)11-14-1-10-21(20(24)12-14)33-34(31,32)19-8-6-18(7-9-19)27(29)30/h1-12H,(H,26,28)/b15-11-. The Hall–Kier alpha value is -3.53. The van der Waals surface area contributed by atoms with Gasteiger partial charge in [-0.05, 0) is 76.1 Å². The molecular weight excluding hydrogens is 594 g/mol. The highest BCUT2D eigenvalue weighted by molar-refractivity contribution is 9.10. The molecule has 172 valence electrons. The van der Waals surface area contributed by atoms with Gasteiger partial charge >= 0.3 is 10.1 Å². The van der Waals surface area contributed by atoms with Crippen LogP contribution in [-0.4, -0.2) is 19.2 Å². The van der Waals surface area contributed by atoms with E-state index in [1.54, 1.807) is 24.3 Å². The third-order valence-corrected chi connectivity index (χ3v) is 6.67. The summed E-state index contributed by atoms with van der Waals surface area (Å²) in [7, 11) is -4.26. The molecule has 34 heavy (non-hydrogen) atoms. The minimum absolute atomic E-state index is 0.0478. The predicted octanol–water partition coefficient (Wildman–Crippen LogP) is 5.43. The minimum Gasteiger partial charge on any atom is -0.378 e. The molecule has 3 aromatic rings. The highest BCUT2D eigenvalue weighted by Crippen LogP contribution is 2.30. The first-order valence-electron chi connectivity index (χ1n) is 9.26. The topological polar surface area (TPSA) is 139 Å². The predicted molar refractivity (Wildman–Crippen MR) is 131 cm³/mol. The molecule has 0 fully saturated rings. The van der Waals surface area contributed by atoms with Gasteiger partial charge in [-0.2, -0.15) is 13.7 Å². The largest absolute Gasteiger partial charge is 0.378 e. The number of nitro groups is 1. The Morgan fingerprint density at radius 2 is 1.71 bits per heavy atom. The van der Waals surface area contributed by atoms with Crippen LogP contribution < -0.4 is 9.50 Å². The lowest BCUT2D eigenvalue weighted by Gasteiger charge is -2.09. The van der Waals surface area contributed by atoms with Crippen LogP contribution in [-0.2, 0) is 14.9 Å². The van der Waals surface area contributed by atoms with Crippen molar-refractivity contribution in [2.75, 3.05) is 5.32 Å². The van der Waals surface area contributed by atoms with Gasteiger partial charge in [0.2, 0.25) is 0 Å². The van der Waals surface area contributed by atoms with Crippen LogP contribution in [0.3, 0.4) is 0 Å². The Morgan fingerprint density at radius 3 is 2.26 bits per heavy atom. The number of non-ortho nitro benzene ring substituents is 1. The second-order valence-corrected chi connectivity index (χ2v) is 9.93. The lowest BCUT2D eigenvalue weighted by atomic mass is 10.1. The number of carbonyl (C=O) groups excluding carboxylic acids is 1. The van der Waals surface area contributed by atoms with Crippen molar-refractivity contribution >= 4 is 65.3 Å². The number of nitrogens with one attached hydrogen (secondary N) is 1. The molecule has 12 heteroatoms. The number of hydrogen-bond acceptors (Lipinski definition) is 7. The first kappa shape index (κ1) is 25.1. The van der Waals surface area contributed by atoms with Gasteiger partial charge in [-0.25, -0.2) is 0 Å². The second kappa shape index (κ2) is 10.6. The van der Waals surface area contributed by atoms with Gasteiger partial charge in [0.25, 0.3) is 11.6 Å². The molecule has 0 heterocycles. The zero-order valence-corrected chi connectivity index (χ0v) is 20.9. The van der Waals surface area contributed by atoms with Crippen molar-refractivity contribution in [3.05, 3.63) is 96.9 Å². The molecule has 0 aliphatic heterocycles. The molecule has 1 amide bonds. The normalized spacial score (nSPS) is 11.4. The number of halogens is 2. The molecule has 9 nitrogen and oxygen atoms in total. The molecule has 0 radical (unpaired) electrons. The Bertz CT molecular complexity index is 1430. The molecule has 0 atom stereocenters. The van der Waals surface area contributed by atoms with Gasteiger partial charge in [0.15, 0.2) is 5.75 Å². The van der Waals surface area contributed by atoms with E-state index >= 15 is 0 Å². The molecule has 1 N–H and O–H groups in total. The van der Waals surface area contributed by atoms with Crippen molar-refractivity contribution < 1.29 is 22.3 Å². The molecule has 0 saturated carbocycles. The van der Waals surface area contributed by atoms with Crippen LogP contribution in [0.2, 0.25) is 0 Å². The van der Waals surface area contributed by atoms with E-state index in [-0.39, 0.29) is 26.4 Å². The summed E-state index contributed by atoms with van der Waals surface area (Å²) in [5.74, 6) is -0.657. The van der Waals surface area contributed by atoms with E-state index < -0.39 is 20.9 Å². The summed E-state index contributed by atoms with van der Waals surface area (Å²) in [4.78, 5) is 22.3. The molecule has 0 aliphatic carbocycles. The summed E-state index contributed by atoms with van der Waals surface area (Å²) in [6, 6.07) is 17.2. The smallest absolute Gasteiger partial charge is 0.339 e. The van der Waals surface area contributed by atoms with Gasteiger partial charge in [0.05, 0.1) is 9.40 Å². The minimum atomic E-state index is -4.26. The summed E-state index contributed by atoms with van der Waals surface area (Å²) in [5, 5.41) is 22.8. The van der Waals surface area contributed by atoms with E-state index in [4.69, 9.17) is 4.18 Å². The summed E-state index contributed by atoms with van der Waals surface area (Å²) >= 11 is 6.51. The third kappa shape index (κ3) is 6.28. The lowest BCUT2D eigenvalue weighted by Crippen LogP contribution is -2.13. The number of rotatable bonds is 7. The maximum absolute atomic E-state index is 12.5. The van der Waals surface area contributed by atoms with Crippen molar-refractivity contribution in [2.24, 2.45) is 0 Å². The van der Waals surface area contributed by atoms with Crippen molar-refractivity contribution in [2.45, 2.75) is 4.90 Å². The quantitative estimate of drug-likeness (QED) is 0.124. The fourth-order valence-corrected chi connectivity index (χ4v) is 4.42. The number of nitriles is 1. The van der Waals surface area contributed by atoms with Crippen LogP contribution in [0.1, 0.15) is 5.56 Å². The van der Waals surface area contributed by atoms with E-state index in [1.807, 2.05) is 6.07 Å². The maximum atomic E-state index is 12.5. The lowest BCUT2D eigenvalue weighted by molar-refractivity contribution is -0.384.